The van der Waals surface area contributed by atoms with Gasteiger partial charge in [-0.15, -0.1) is 0 Å². The van der Waals surface area contributed by atoms with Crippen LogP contribution in [0.25, 0.3) is 0 Å². The van der Waals surface area contributed by atoms with E-state index in [0.29, 0.717) is 93.4 Å². The van der Waals surface area contributed by atoms with Gasteiger partial charge >= 0.3 is 0 Å². The lowest BCUT2D eigenvalue weighted by Crippen LogP contribution is -2.26. The van der Waals surface area contributed by atoms with E-state index in [1.165, 1.54) is 0 Å². The van der Waals surface area contributed by atoms with Gasteiger partial charge in [-0.2, -0.15) is 0 Å². The molecule has 0 heterocycles. The number of sulfonamides is 3. The van der Waals surface area contributed by atoms with Gasteiger partial charge in [0.25, 0.3) is 0 Å². The number of anilines is 3. The zero-order valence-electron chi connectivity index (χ0n) is 33.3. The molecule has 0 radical (unpaired) electrons. The minimum absolute atomic E-state index is 0.446. The molecule has 0 bridgehead atoms. The van der Waals surface area contributed by atoms with Gasteiger partial charge in [-0.25, -0.2) is 25.3 Å². The van der Waals surface area contributed by atoms with Crippen LogP contribution in [0.2, 0.25) is 0 Å². The Morgan fingerprint density at radius 3 is 0.860 bits per heavy atom. The van der Waals surface area contributed by atoms with Crippen molar-refractivity contribution in [1.29, 1.82) is 0 Å². The summed E-state index contributed by atoms with van der Waals surface area (Å²) in [6.07, 6.45) is 3.32. The average molecular weight is 847 g/mol. The van der Waals surface area contributed by atoms with Gasteiger partial charge in [0.2, 0.25) is 30.1 Å². The van der Waals surface area contributed by atoms with Crippen molar-refractivity contribution in [3.63, 3.8) is 0 Å². The van der Waals surface area contributed by atoms with Gasteiger partial charge in [-0.1, -0.05) is 18.2 Å². The zero-order valence-corrected chi connectivity index (χ0v) is 35.7. The first kappa shape index (κ1) is 45.1. The van der Waals surface area contributed by atoms with Crippen LogP contribution in [-0.4, -0.2) is 119 Å². The van der Waals surface area contributed by atoms with Crippen molar-refractivity contribution in [2.75, 3.05) is 93.5 Å². The van der Waals surface area contributed by atoms with E-state index in [1.807, 2.05) is 21.1 Å². The normalized spacial score (nSPS) is 12.2. The molecule has 0 saturated heterocycles. The van der Waals surface area contributed by atoms with E-state index in [0.717, 1.165) is 35.5 Å². The Bertz CT molecular complexity index is 1940. The van der Waals surface area contributed by atoms with Crippen LogP contribution in [0.4, 0.5) is 17.1 Å². The highest BCUT2D eigenvalue weighted by molar-refractivity contribution is 7.92. The number of nitrogens with zero attached hydrogens (tertiary/aromatic N) is 3. The van der Waals surface area contributed by atoms with E-state index in [2.05, 4.69) is 47.1 Å². The number of likely N-dealkylation sites (N-methyl/N-ethyl adjacent to an activating group) is 3. The van der Waals surface area contributed by atoms with Crippen LogP contribution in [0.15, 0.2) is 91.0 Å². The molecule has 3 N–H and O–H groups in total. The lowest BCUT2D eigenvalue weighted by atomic mass is 10.0. The van der Waals surface area contributed by atoms with E-state index in [1.54, 1.807) is 72.8 Å². The second kappa shape index (κ2) is 20.7. The fraction of sp³-hybridized carbons (Fsp3) is 0.385. The number of nitrogens with one attached hydrogen (secondary N) is 3. The van der Waals surface area contributed by atoms with Crippen LogP contribution >= 0.6 is 0 Å². The molecule has 0 aliphatic carbocycles. The highest BCUT2D eigenvalue weighted by Gasteiger charge is 2.11. The SMILES string of the molecule is CN(CCOc1ccc(NS(C)(=O)=O)cc1)Cc1cc(CN(C)CCOc2ccc(NS(C)(=O)=O)cc2)cc(CN(C)CCOc2ccc(NS(C)(=O)=O)cc2)c1. The topological polar surface area (TPSA) is 176 Å². The molecule has 0 atom stereocenters. The first-order chi connectivity index (χ1) is 26.8. The van der Waals surface area contributed by atoms with Crippen LogP contribution in [0.3, 0.4) is 0 Å². The molecule has 0 aliphatic rings. The van der Waals surface area contributed by atoms with Gasteiger partial charge in [0, 0.05) is 56.3 Å². The Morgan fingerprint density at radius 2 is 0.649 bits per heavy atom. The summed E-state index contributed by atoms with van der Waals surface area (Å²) in [5.41, 5.74) is 4.88. The maximum Gasteiger partial charge on any atom is 0.229 e. The van der Waals surface area contributed by atoms with Crippen molar-refractivity contribution in [3.8, 4) is 17.2 Å². The lowest BCUT2D eigenvalue weighted by molar-refractivity contribution is 0.229. The van der Waals surface area contributed by atoms with Crippen molar-refractivity contribution < 1.29 is 39.5 Å². The molecule has 4 aromatic carbocycles. The monoisotopic (exact) mass is 846 g/mol. The maximum absolute atomic E-state index is 11.5. The molecule has 312 valence electrons. The first-order valence-corrected chi connectivity index (χ1v) is 23.7. The molecule has 0 aliphatic heterocycles. The fourth-order valence-electron chi connectivity index (χ4n) is 5.74. The lowest BCUT2D eigenvalue weighted by Gasteiger charge is -2.22. The summed E-state index contributed by atoms with van der Waals surface area (Å²) in [5.74, 6) is 1.94. The van der Waals surface area contributed by atoms with Gasteiger partial charge in [0.1, 0.15) is 37.1 Å². The molecule has 0 amide bonds. The molecule has 18 heteroatoms. The van der Waals surface area contributed by atoms with Crippen LogP contribution in [0.5, 0.6) is 17.2 Å². The standard InChI is InChI=1S/C39H54N6O9S3/c1-43(19-22-52-37-13-7-34(8-14-37)40-55(4,46)47)28-31-25-32(29-44(2)20-23-53-38-15-9-35(10-16-38)41-56(5,48)49)27-33(26-31)30-45(3)21-24-54-39-17-11-36(12-18-39)42-57(6,50)51/h7-18,25-27,40-42H,19-24,28-30H2,1-6H3. The molecule has 0 aromatic heterocycles. The molecule has 4 aromatic rings. The predicted octanol–water partition coefficient (Wildman–Crippen LogP) is 4.33. The summed E-state index contributed by atoms with van der Waals surface area (Å²) in [6, 6.07) is 27.0. The van der Waals surface area contributed by atoms with E-state index in [-0.39, 0.29) is 0 Å². The van der Waals surface area contributed by atoms with Gasteiger partial charge < -0.3 is 14.2 Å². The quantitative estimate of drug-likeness (QED) is 0.0912. The number of rotatable bonds is 24. The molecular formula is C39H54N6O9S3. The average Bonchev–Trinajstić information content (AvgIpc) is 3.08. The molecule has 0 fully saturated rings. The third-order valence-electron chi connectivity index (χ3n) is 8.17. The summed E-state index contributed by atoms with van der Waals surface area (Å²) in [7, 11) is -3.95. The Balaban J connectivity index is 1.34. The molecule has 15 nitrogen and oxygen atoms in total. The second-order valence-corrected chi connectivity index (χ2v) is 19.4. The van der Waals surface area contributed by atoms with Gasteiger partial charge in [0.05, 0.1) is 18.8 Å². The van der Waals surface area contributed by atoms with E-state index < -0.39 is 30.1 Å². The Hall–Kier alpha value is -4.59. The fourth-order valence-corrected chi connectivity index (χ4v) is 7.44. The van der Waals surface area contributed by atoms with Crippen LogP contribution in [0, 0.1) is 0 Å². The summed E-state index contributed by atoms with van der Waals surface area (Å²) >= 11 is 0. The van der Waals surface area contributed by atoms with Gasteiger partial charge in [0.15, 0.2) is 0 Å². The van der Waals surface area contributed by atoms with Gasteiger partial charge in [-0.3, -0.25) is 28.9 Å². The van der Waals surface area contributed by atoms with Crippen LogP contribution in [0.1, 0.15) is 16.7 Å². The van der Waals surface area contributed by atoms with E-state index in [9.17, 15) is 25.3 Å². The number of hydrogen-bond acceptors (Lipinski definition) is 12. The largest absolute Gasteiger partial charge is 0.492 e. The summed E-state index contributed by atoms with van der Waals surface area (Å²) in [6.45, 7) is 5.39. The molecule has 0 unspecified atom stereocenters. The van der Waals surface area contributed by atoms with Crippen molar-refractivity contribution in [3.05, 3.63) is 108 Å². The molecule has 57 heavy (non-hydrogen) atoms. The Morgan fingerprint density at radius 1 is 0.421 bits per heavy atom. The number of benzene rings is 4. The third kappa shape index (κ3) is 18.5. The first-order valence-electron chi connectivity index (χ1n) is 18.1. The third-order valence-corrected chi connectivity index (χ3v) is 9.99. The van der Waals surface area contributed by atoms with Crippen molar-refractivity contribution >= 4 is 47.1 Å². The van der Waals surface area contributed by atoms with Crippen molar-refractivity contribution in [2.24, 2.45) is 0 Å². The minimum atomic E-state index is -3.36. The number of ether oxygens (including phenoxy) is 3. The van der Waals surface area contributed by atoms with E-state index >= 15 is 0 Å². The zero-order chi connectivity index (χ0) is 41.6. The highest BCUT2D eigenvalue weighted by atomic mass is 32.2. The summed E-state index contributed by atoms with van der Waals surface area (Å²) in [5, 5.41) is 0. The number of hydrogen-bond donors (Lipinski definition) is 3. The van der Waals surface area contributed by atoms with Crippen LogP contribution < -0.4 is 28.4 Å². The molecule has 0 saturated carbocycles. The maximum atomic E-state index is 11.5. The Labute approximate surface area is 338 Å². The van der Waals surface area contributed by atoms with Gasteiger partial charge in [-0.05, 0) is 111 Å². The summed E-state index contributed by atoms with van der Waals surface area (Å²) < 4.78 is 94.1. The minimum Gasteiger partial charge on any atom is -0.492 e. The Kier molecular flexibility index (Phi) is 16.4. The molecular weight excluding hydrogens is 793 g/mol. The van der Waals surface area contributed by atoms with E-state index in [4.69, 9.17) is 14.2 Å². The smallest absolute Gasteiger partial charge is 0.229 e. The van der Waals surface area contributed by atoms with Crippen LogP contribution in [-0.2, 0) is 49.7 Å². The second-order valence-electron chi connectivity index (χ2n) is 14.1. The van der Waals surface area contributed by atoms with Crippen molar-refractivity contribution in [2.45, 2.75) is 19.6 Å². The molecule has 4 rings (SSSR count). The molecule has 0 spiro atoms. The summed E-state index contributed by atoms with van der Waals surface area (Å²) in [4.78, 5) is 6.56. The van der Waals surface area contributed by atoms with Crippen molar-refractivity contribution in [1.82, 2.24) is 14.7 Å². The predicted molar refractivity (Wildman–Crippen MR) is 227 cm³/mol. The highest BCUT2D eigenvalue weighted by Crippen LogP contribution is 2.20.